The van der Waals surface area contributed by atoms with Crippen LogP contribution in [0.3, 0.4) is 0 Å². The van der Waals surface area contributed by atoms with E-state index in [1.165, 1.54) is 5.56 Å². The fraction of sp³-hybridized carbons (Fsp3) is 0.526. The standard InChI is InChI=1S/C19H26N4O3/c1-3-16-5-4-6-17(11-16)7-8-21-9-10-22(19(21)20-23(24)25)12-18-14-26-13-15(18)2/h4-8,11,15,18H,3,9-10,12-14H2,1-2H3. The van der Waals surface area contributed by atoms with Crippen LogP contribution in [0.15, 0.2) is 35.6 Å². The Labute approximate surface area is 154 Å². The number of nitrogens with zero attached hydrogens (tertiary/aromatic N) is 4. The molecule has 0 radical (unpaired) electrons. The summed E-state index contributed by atoms with van der Waals surface area (Å²) < 4.78 is 5.52. The van der Waals surface area contributed by atoms with Gasteiger partial charge in [0.1, 0.15) is 5.10 Å². The van der Waals surface area contributed by atoms with Crippen LogP contribution in [0.4, 0.5) is 0 Å². The molecule has 7 nitrogen and oxygen atoms in total. The first kappa shape index (κ1) is 18.4. The summed E-state index contributed by atoms with van der Waals surface area (Å²) in [5.74, 6) is 1.27. The molecule has 2 fully saturated rings. The number of nitro groups is 1. The zero-order valence-electron chi connectivity index (χ0n) is 15.4. The molecule has 0 spiro atoms. The van der Waals surface area contributed by atoms with E-state index >= 15 is 0 Å². The Morgan fingerprint density at radius 2 is 2.23 bits per heavy atom. The van der Waals surface area contributed by atoms with Crippen molar-refractivity contribution in [2.24, 2.45) is 16.9 Å². The number of rotatable bonds is 6. The molecule has 1 aromatic carbocycles. The summed E-state index contributed by atoms with van der Waals surface area (Å²) in [5, 5.41) is 14.1. The van der Waals surface area contributed by atoms with Gasteiger partial charge < -0.3 is 14.5 Å². The van der Waals surface area contributed by atoms with Crippen molar-refractivity contribution < 1.29 is 9.77 Å². The minimum absolute atomic E-state index is 0.386. The molecule has 0 aromatic heterocycles. The van der Waals surface area contributed by atoms with Crippen LogP contribution in [0.25, 0.3) is 6.08 Å². The van der Waals surface area contributed by atoms with Gasteiger partial charge in [0, 0.05) is 38.4 Å². The van der Waals surface area contributed by atoms with E-state index in [0.717, 1.165) is 31.7 Å². The van der Waals surface area contributed by atoms with E-state index < -0.39 is 5.03 Å². The first-order valence-corrected chi connectivity index (χ1v) is 9.16. The minimum atomic E-state index is -0.610. The van der Waals surface area contributed by atoms with E-state index in [2.05, 4.69) is 31.1 Å². The molecule has 0 aliphatic carbocycles. The molecule has 0 saturated carbocycles. The highest BCUT2D eigenvalue weighted by atomic mass is 16.7. The molecule has 0 bridgehead atoms. The fourth-order valence-corrected chi connectivity index (χ4v) is 3.43. The average molecular weight is 358 g/mol. The summed E-state index contributed by atoms with van der Waals surface area (Å²) in [4.78, 5) is 14.9. The van der Waals surface area contributed by atoms with Gasteiger partial charge in [0.05, 0.1) is 6.61 Å². The number of hydrogen-bond donors (Lipinski definition) is 0. The number of hydrazone groups is 1. The molecule has 2 unspecified atom stereocenters. The summed E-state index contributed by atoms with van der Waals surface area (Å²) in [6.07, 6.45) is 4.86. The predicted octanol–water partition coefficient (Wildman–Crippen LogP) is 2.67. The molecule has 2 heterocycles. The van der Waals surface area contributed by atoms with Crippen molar-refractivity contribution in [2.45, 2.75) is 20.3 Å². The van der Waals surface area contributed by atoms with Crippen LogP contribution >= 0.6 is 0 Å². The highest BCUT2D eigenvalue weighted by Crippen LogP contribution is 2.23. The molecule has 26 heavy (non-hydrogen) atoms. The average Bonchev–Trinajstić information content (AvgIpc) is 3.20. The van der Waals surface area contributed by atoms with E-state index in [4.69, 9.17) is 4.74 Å². The number of aryl methyl sites for hydroxylation is 1. The number of hydrogen-bond acceptors (Lipinski definition) is 3. The summed E-state index contributed by atoms with van der Waals surface area (Å²) in [7, 11) is 0. The molecular formula is C19H26N4O3. The van der Waals surface area contributed by atoms with E-state index in [-0.39, 0.29) is 0 Å². The molecule has 2 aliphatic rings. The van der Waals surface area contributed by atoms with E-state index in [0.29, 0.717) is 30.9 Å². The third-order valence-corrected chi connectivity index (χ3v) is 5.10. The highest BCUT2D eigenvalue weighted by molar-refractivity contribution is 5.83. The second kappa shape index (κ2) is 8.31. The molecule has 0 amide bonds. The molecule has 0 N–H and O–H groups in total. The predicted molar refractivity (Wildman–Crippen MR) is 101 cm³/mol. The Kier molecular flexibility index (Phi) is 5.88. The van der Waals surface area contributed by atoms with E-state index in [1.807, 2.05) is 34.2 Å². The van der Waals surface area contributed by atoms with Gasteiger partial charge in [-0.2, -0.15) is 0 Å². The Balaban J connectivity index is 1.73. The van der Waals surface area contributed by atoms with Gasteiger partial charge >= 0.3 is 0 Å². The monoisotopic (exact) mass is 358 g/mol. The molecule has 2 saturated heterocycles. The topological polar surface area (TPSA) is 71.2 Å². The quantitative estimate of drug-likeness (QED) is 0.577. The van der Waals surface area contributed by atoms with Crippen LogP contribution < -0.4 is 0 Å². The number of benzene rings is 1. The summed E-state index contributed by atoms with van der Waals surface area (Å²) >= 11 is 0. The maximum Gasteiger partial charge on any atom is 0.278 e. The Bertz CT molecular complexity index is 704. The smallest absolute Gasteiger partial charge is 0.278 e. The SMILES string of the molecule is CCc1cccc(C=CN2CCN(CC3COCC3C)C2=N[N+](=O)[O-])c1. The maximum atomic E-state index is 11.0. The molecule has 2 aliphatic heterocycles. The largest absolute Gasteiger partial charge is 0.381 e. The first-order valence-electron chi connectivity index (χ1n) is 9.16. The molecule has 2 atom stereocenters. The lowest BCUT2D eigenvalue weighted by Crippen LogP contribution is -2.37. The molecule has 7 heteroatoms. The molecular weight excluding hydrogens is 332 g/mol. The van der Waals surface area contributed by atoms with E-state index in [1.54, 1.807) is 0 Å². The van der Waals surface area contributed by atoms with Gasteiger partial charge in [-0.15, -0.1) is 0 Å². The lowest BCUT2D eigenvalue weighted by atomic mass is 9.98. The second-order valence-electron chi connectivity index (χ2n) is 6.97. The van der Waals surface area contributed by atoms with Gasteiger partial charge in [-0.25, -0.2) is 10.1 Å². The van der Waals surface area contributed by atoms with Crippen molar-refractivity contribution in [3.8, 4) is 0 Å². The van der Waals surface area contributed by atoms with Gasteiger partial charge in [0.25, 0.3) is 5.96 Å². The Hall–Kier alpha value is -2.41. The van der Waals surface area contributed by atoms with Crippen LogP contribution in [0.5, 0.6) is 0 Å². The number of ether oxygens (including phenoxy) is 1. The molecule has 140 valence electrons. The van der Waals surface area contributed by atoms with Crippen LogP contribution in [-0.4, -0.2) is 53.6 Å². The normalized spacial score (nSPS) is 24.9. The van der Waals surface area contributed by atoms with Crippen molar-refractivity contribution in [3.05, 3.63) is 51.7 Å². The summed E-state index contributed by atoms with van der Waals surface area (Å²) in [6.45, 7) is 7.92. The Morgan fingerprint density at radius 1 is 1.38 bits per heavy atom. The zero-order chi connectivity index (χ0) is 18.5. The van der Waals surface area contributed by atoms with Crippen LogP contribution in [0.2, 0.25) is 0 Å². The van der Waals surface area contributed by atoms with Crippen molar-refractivity contribution in [1.29, 1.82) is 0 Å². The number of guanidine groups is 1. The fourth-order valence-electron chi connectivity index (χ4n) is 3.43. The molecule has 1 aromatic rings. The summed E-state index contributed by atoms with van der Waals surface area (Å²) in [6, 6.07) is 8.29. The van der Waals surface area contributed by atoms with Crippen molar-refractivity contribution in [1.82, 2.24) is 9.80 Å². The summed E-state index contributed by atoms with van der Waals surface area (Å²) in [5.41, 5.74) is 2.35. The Morgan fingerprint density at radius 3 is 2.92 bits per heavy atom. The molecule has 3 rings (SSSR count). The lowest BCUT2D eigenvalue weighted by molar-refractivity contribution is -0.486. The minimum Gasteiger partial charge on any atom is -0.381 e. The van der Waals surface area contributed by atoms with Gasteiger partial charge in [-0.1, -0.05) is 38.1 Å². The lowest BCUT2D eigenvalue weighted by Gasteiger charge is -2.23. The van der Waals surface area contributed by atoms with Gasteiger partial charge in [0.15, 0.2) is 5.03 Å². The third kappa shape index (κ3) is 4.40. The van der Waals surface area contributed by atoms with Crippen molar-refractivity contribution in [3.63, 3.8) is 0 Å². The second-order valence-corrected chi connectivity index (χ2v) is 6.97. The zero-order valence-corrected chi connectivity index (χ0v) is 15.4. The maximum absolute atomic E-state index is 11.0. The third-order valence-electron chi connectivity index (χ3n) is 5.10. The van der Waals surface area contributed by atoms with Gasteiger partial charge in [-0.05, 0) is 29.5 Å². The highest BCUT2D eigenvalue weighted by Gasteiger charge is 2.33. The van der Waals surface area contributed by atoms with Gasteiger partial charge in [0.2, 0.25) is 0 Å². The van der Waals surface area contributed by atoms with Gasteiger partial charge in [-0.3, -0.25) is 0 Å². The van der Waals surface area contributed by atoms with Crippen LogP contribution in [0, 0.1) is 22.0 Å². The van der Waals surface area contributed by atoms with Crippen LogP contribution in [-0.2, 0) is 11.2 Å². The first-order chi connectivity index (χ1) is 12.6. The van der Waals surface area contributed by atoms with Crippen molar-refractivity contribution in [2.75, 3.05) is 32.8 Å². The van der Waals surface area contributed by atoms with Crippen molar-refractivity contribution >= 4 is 12.0 Å². The van der Waals surface area contributed by atoms with Crippen LogP contribution in [0.1, 0.15) is 25.0 Å². The van der Waals surface area contributed by atoms with E-state index in [9.17, 15) is 10.1 Å².